The highest BCUT2D eigenvalue weighted by Crippen LogP contribution is 2.41. The van der Waals surface area contributed by atoms with Crippen LogP contribution in [0.2, 0.25) is 0 Å². The number of aliphatic hydroxyl groups excluding tert-OH is 1. The summed E-state index contributed by atoms with van der Waals surface area (Å²) in [5.41, 5.74) is 1.47. The Hall–Kier alpha value is -2.74. The second kappa shape index (κ2) is 5.66. The number of piperidine rings is 1. The number of aldehydes is 1. The highest BCUT2D eigenvalue weighted by molar-refractivity contribution is 6.08. The zero-order valence-corrected chi connectivity index (χ0v) is 13.3. The molecule has 2 atom stereocenters. The molecular formula is C17H17N3O5. The van der Waals surface area contributed by atoms with E-state index in [0.717, 1.165) is 11.2 Å². The lowest BCUT2D eigenvalue weighted by molar-refractivity contribution is -0.139. The molecule has 0 bridgehead atoms. The van der Waals surface area contributed by atoms with Gasteiger partial charge in [0.15, 0.2) is 6.23 Å². The zero-order valence-electron chi connectivity index (χ0n) is 13.3. The van der Waals surface area contributed by atoms with Crippen molar-refractivity contribution >= 4 is 29.7 Å². The number of amides is 3. The van der Waals surface area contributed by atoms with E-state index in [4.69, 9.17) is 0 Å². The summed E-state index contributed by atoms with van der Waals surface area (Å²) in [5, 5.41) is 12.8. The second-order valence-electron chi connectivity index (χ2n) is 6.60. The van der Waals surface area contributed by atoms with Gasteiger partial charge in [-0.15, -0.1) is 0 Å². The molecule has 3 aliphatic rings. The molecule has 0 aromatic heterocycles. The topological polar surface area (TPSA) is 107 Å². The van der Waals surface area contributed by atoms with Gasteiger partial charge in [-0.3, -0.25) is 24.6 Å². The van der Waals surface area contributed by atoms with Crippen LogP contribution in [-0.2, 0) is 14.4 Å². The summed E-state index contributed by atoms with van der Waals surface area (Å²) < 4.78 is 0. The van der Waals surface area contributed by atoms with Gasteiger partial charge in [0.2, 0.25) is 11.8 Å². The zero-order chi connectivity index (χ0) is 17.7. The highest BCUT2D eigenvalue weighted by Gasteiger charge is 2.46. The van der Waals surface area contributed by atoms with Gasteiger partial charge in [0.05, 0.1) is 11.3 Å². The summed E-state index contributed by atoms with van der Waals surface area (Å²) in [7, 11) is 0. The number of imide groups is 1. The van der Waals surface area contributed by atoms with Crippen molar-refractivity contribution in [1.29, 1.82) is 0 Å². The van der Waals surface area contributed by atoms with Gasteiger partial charge in [-0.1, -0.05) is 12.1 Å². The van der Waals surface area contributed by atoms with Gasteiger partial charge >= 0.3 is 0 Å². The Bertz CT molecular complexity index is 786. The number of carbonyl (C=O) groups is 4. The minimum absolute atomic E-state index is 0.0523. The number of aliphatic hydroxyl groups is 1. The first-order chi connectivity index (χ1) is 12.0. The van der Waals surface area contributed by atoms with Crippen LogP contribution in [-0.4, -0.2) is 53.1 Å². The summed E-state index contributed by atoms with van der Waals surface area (Å²) in [4.78, 5) is 50.3. The van der Waals surface area contributed by atoms with Crippen molar-refractivity contribution in [2.45, 2.75) is 25.1 Å². The number of nitrogens with one attached hydrogen (secondary N) is 1. The highest BCUT2D eigenvalue weighted by atomic mass is 16.3. The predicted octanol–water partition coefficient (Wildman–Crippen LogP) is -0.426. The van der Waals surface area contributed by atoms with Crippen LogP contribution in [0.5, 0.6) is 0 Å². The molecule has 2 unspecified atom stereocenters. The first kappa shape index (κ1) is 15.8. The molecule has 0 radical (unpaired) electrons. The number of rotatable bonds is 3. The van der Waals surface area contributed by atoms with E-state index >= 15 is 0 Å². The fraction of sp³-hybridized carbons (Fsp3) is 0.412. The number of anilines is 1. The molecular weight excluding hydrogens is 326 g/mol. The number of benzene rings is 1. The van der Waals surface area contributed by atoms with Crippen LogP contribution in [0.4, 0.5) is 5.69 Å². The van der Waals surface area contributed by atoms with E-state index in [9.17, 15) is 24.3 Å². The van der Waals surface area contributed by atoms with Crippen LogP contribution < -0.4 is 10.2 Å². The molecule has 2 fully saturated rings. The minimum atomic E-state index is -1.23. The molecule has 2 N–H and O–H groups in total. The molecule has 2 saturated heterocycles. The molecule has 25 heavy (non-hydrogen) atoms. The molecule has 3 aliphatic heterocycles. The Morgan fingerprint density at radius 3 is 2.64 bits per heavy atom. The molecule has 4 rings (SSSR count). The van der Waals surface area contributed by atoms with Crippen LogP contribution in [0.1, 0.15) is 35.0 Å². The minimum Gasteiger partial charge on any atom is -0.369 e. The lowest BCUT2D eigenvalue weighted by Gasteiger charge is -2.39. The molecule has 0 aliphatic carbocycles. The van der Waals surface area contributed by atoms with Crippen molar-refractivity contribution in [3.63, 3.8) is 0 Å². The molecule has 1 aromatic rings. The molecule has 8 heteroatoms. The summed E-state index contributed by atoms with van der Waals surface area (Å²) >= 11 is 0. The molecule has 3 heterocycles. The van der Waals surface area contributed by atoms with E-state index in [-0.39, 0.29) is 24.7 Å². The van der Waals surface area contributed by atoms with Crippen molar-refractivity contribution in [2.24, 2.45) is 5.92 Å². The van der Waals surface area contributed by atoms with E-state index in [0.29, 0.717) is 29.9 Å². The largest absolute Gasteiger partial charge is 0.369 e. The molecule has 0 saturated carbocycles. The molecule has 1 aromatic carbocycles. The van der Waals surface area contributed by atoms with E-state index < -0.39 is 24.1 Å². The third kappa shape index (κ3) is 2.32. The van der Waals surface area contributed by atoms with E-state index in [1.165, 1.54) is 0 Å². The number of hydrogen-bond acceptors (Lipinski definition) is 6. The van der Waals surface area contributed by atoms with Crippen LogP contribution in [0, 0.1) is 5.92 Å². The van der Waals surface area contributed by atoms with Gasteiger partial charge in [-0.2, -0.15) is 0 Å². The van der Waals surface area contributed by atoms with Crippen LogP contribution in [0.15, 0.2) is 18.2 Å². The lowest BCUT2D eigenvalue weighted by atomic mass is 9.98. The van der Waals surface area contributed by atoms with Gasteiger partial charge < -0.3 is 14.8 Å². The fourth-order valence-electron chi connectivity index (χ4n) is 3.71. The van der Waals surface area contributed by atoms with Crippen LogP contribution in [0.25, 0.3) is 0 Å². The maximum absolute atomic E-state index is 13.0. The van der Waals surface area contributed by atoms with Crippen molar-refractivity contribution in [2.75, 3.05) is 18.0 Å². The van der Waals surface area contributed by atoms with Gasteiger partial charge in [0.1, 0.15) is 12.3 Å². The SMILES string of the molecule is O=CC1CN(c2cccc3c2C(=O)N(C2CCC(=O)NC2=O)C3O)C1. The molecule has 130 valence electrons. The second-order valence-corrected chi connectivity index (χ2v) is 6.60. The third-order valence-electron chi connectivity index (χ3n) is 5.05. The molecule has 3 amide bonds. The first-order valence-corrected chi connectivity index (χ1v) is 8.19. The average molecular weight is 343 g/mol. The Balaban J connectivity index is 1.66. The maximum Gasteiger partial charge on any atom is 0.259 e. The standard InChI is InChI=1S/C17H17N3O5/c21-8-9-6-19(7-9)11-3-1-2-10-14(11)17(25)20(16(10)24)12-4-5-13(22)18-15(12)23/h1-3,8-9,12,16,24H,4-7H2,(H,18,22,23). The Kier molecular flexibility index (Phi) is 3.57. The van der Waals surface area contributed by atoms with Gasteiger partial charge in [-0.25, -0.2) is 0 Å². The quantitative estimate of drug-likeness (QED) is 0.570. The maximum atomic E-state index is 13.0. The third-order valence-corrected chi connectivity index (χ3v) is 5.05. The molecule has 8 nitrogen and oxygen atoms in total. The van der Waals surface area contributed by atoms with Crippen LogP contribution >= 0.6 is 0 Å². The average Bonchev–Trinajstić information content (AvgIpc) is 2.79. The lowest BCUT2D eigenvalue weighted by Crippen LogP contribution is -2.53. The smallest absolute Gasteiger partial charge is 0.259 e. The predicted molar refractivity (Wildman–Crippen MR) is 85.5 cm³/mol. The summed E-state index contributed by atoms with van der Waals surface area (Å²) in [6, 6.07) is 4.30. The Labute approximate surface area is 143 Å². The molecule has 0 spiro atoms. The Morgan fingerprint density at radius 2 is 1.96 bits per heavy atom. The summed E-state index contributed by atoms with van der Waals surface area (Å²) in [5.74, 6) is -1.42. The monoisotopic (exact) mass is 343 g/mol. The van der Waals surface area contributed by atoms with Gasteiger partial charge in [0.25, 0.3) is 5.91 Å². The van der Waals surface area contributed by atoms with Crippen molar-refractivity contribution in [3.05, 3.63) is 29.3 Å². The Morgan fingerprint density at radius 1 is 1.20 bits per heavy atom. The van der Waals surface area contributed by atoms with E-state index in [1.807, 2.05) is 4.90 Å². The van der Waals surface area contributed by atoms with Gasteiger partial charge in [-0.05, 0) is 12.5 Å². The van der Waals surface area contributed by atoms with E-state index in [2.05, 4.69) is 5.32 Å². The normalized spacial score (nSPS) is 26.4. The number of hydrogen-bond donors (Lipinski definition) is 2. The van der Waals surface area contributed by atoms with Crippen molar-refractivity contribution in [3.8, 4) is 0 Å². The number of carbonyl (C=O) groups excluding carboxylic acids is 4. The summed E-state index contributed by atoms with van der Waals surface area (Å²) in [6.45, 7) is 1.06. The van der Waals surface area contributed by atoms with Crippen molar-refractivity contribution < 1.29 is 24.3 Å². The number of fused-ring (bicyclic) bond motifs is 1. The van der Waals surface area contributed by atoms with Crippen LogP contribution in [0.3, 0.4) is 0 Å². The summed E-state index contributed by atoms with van der Waals surface area (Å²) in [6.07, 6.45) is -0.0160. The van der Waals surface area contributed by atoms with E-state index in [1.54, 1.807) is 18.2 Å². The number of nitrogens with zero attached hydrogens (tertiary/aromatic N) is 2. The first-order valence-electron chi connectivity index (χ1n) is 8.19. The fourth-order valence-corrected chi connectivity index (χ4v) is 3.71. The van der Waals surface area contributed by atoms with Gasteiger partial charge in [0, 0.05) is 31.0 Å². The van der Waals surface area contributed by atoms with Crippen molar-refractivity contribution in [1.82, 2.24) is 10.2 Å².